The van der Waals surface area contributed by atoms with Gasteiger partial charge in [-0.15, -0.1) is 0 Å². The van der Waals surface area contributed by atoms with Crippen LogP contribution in [0.5, 0.6) is 0 Å². The number of aliphatic hydroxyl groups is 1. The third kappa shape index (κ3) is 4.77. The topological polar surface area (TPSA) is 110 Å². The van der Waals surface area contributed by atoms with Crippen LogP contribution in [0.25, 0.3) is 0 Å². The van der Waals surface area contributed by atoms with Gasteiger partial charge in [-0.1, -0.05) is 36.4 Å². The number of aliphatic hydroxyl groups excluding tert-OH is 1. The highest BCUT2D eigenvalue weighted by molar-refractivity contribution is 7.90. The standard InChI is InChI=1S/C17H20N2O5S/c1-12(11-15(20)13-7-4-3-5-8-13)18-14-9-6-10-16(25(2,23)24)17(14)19(21)22/h3-10,12,15,18,20H,11H2,1-2H3. The van der Waals surface area contributed by atoms with Gasteiger partial charge in [-0.2, -0.15) is 0 Å². The first-order valence-corrected chi connectivity index (χ1v) is 9.56. The summed E-state index contributed by atoms with van der Waals surface area (Å²) in [5.41, 5.74) is 0.377. The lowest BCUT2D eigenvalue weighted by atomic mass is 10.0. The van der Waals surface area contributed by atoms with Crippen LogP contribution in [0.4, 0.5) is 11.4 Å². The molecule has 8 heteroatoms. The van der Waals surface area contributed by atoms with Crippen LogP contribution in [0.1, 0.15) is 25.0 Å². The molecule has 0 aliphatic rings. The Morgan fingerprint density at radius 1 is 1.16 bits per heavy atom. The van der Waals surface area contributed by atoms with Crippen LogP contribution in [-0.4, -0.2) is 30.7 Å². The fourth-order valence-corrected chi connectivity index (χ4v) is 3.46. The summed E-state index contributed by atoms with van der Waals surface area (Å²) in [5.74, 6) is 0. The molecule has 0 bridgehead atoms. The van der Waals surface area contributed by atoms with Crippen molar-refractivity contribution in [1.29, 1.82) is 0 Å². The molecule has 0 aliphatic heterocycles. The fourth-order valence-electron chi connectivity index (χ4n) is 2.60. The lowest BCUT2D eigenvalue weighted by molar-refractivity contribution is -0.386. The Kier molecular flexibility index (Phi) is 5.76. The van der Waals surface area contributed by atoms with Gasteiger partial charge in [0, 0.05) is 12.3 Å². The lowest BCUT2D eigenvalue weighted by Gasteiger charge is -2.19. The third-order valence-corrected chi connectivity index (χ3v) is 4.87. The molecular weight excluding hydrogens is 344 g/mol. The van der Waals surface area contributed by atoms with Gasteiger partial charge in [0.25, 0.3) is 0 Å². The van der Waals surface area contributed by atoms with Crippen LogP contribution < -0.4 is 5.32 Å². The van der Waals surface area contributed by atoms with Crippen molar-refractivity contribution < 1.29 is 18.4 Å². The highest BCUT2D eigenvalue weighted by Crippen LogP contribution is 2.33. The van der Waals surface area contributed by atoms with E-state index in [0.717, 1.165) is 11.8 Å². The van der Waals surface area contributed by atoms with Gasteiger partial charge in [0.1, 0.15) is 10.6 Å². The molecule has 2 N–H and O–H groups in total. The molecule has 2 aromatic rings. The van der Waals surface area contributed by atoms with Crippen LogP contribution in [0.2, 0.25) is 0 Å². The zero-order valence-electron chi connectivity index (χ0n) is 13.9. The van der Waals surface area contributed by atoms with Crippen molar-refractivity contribution in [2.75, 3.05) is 11.6 Å². The molecule has 7 nitrogen and oxygen atoms in total. The van der Waals surface area contributed by atoms with E-state index in [1.807, 2.05) is 18.2 Å². The molecule has 134 valence electrons. The van der Waals surface area contributed by atoms with E-state index in [-0.39, 0.29) is 16.6 Å². The number of anilines is 1. The molecule has 2 rings (SSSR count). The summed E-state index contributed by atoms with van der Waals surface area (Å²) < 4.78 is 23.6. The monoisotopic (exact) mass is 364 g/mol. The fraction of sp³-hybridized carbons (Fsp3) is 0.294. The number of hydrogen-bond donors (Lipinski definition) is 2. The Bertz CT molecular complexity index is 853. The van der Waals surface area contributed by atoms with Gasteiger partial charge >= 0.3 is 5.69 Å². The summed E-state index contributed by atoms with van der Waals surface area (Å²) in [6.45, 7) is 1.77. The predicted molar refractivity (Wildman–Crippen MR) is 95.3 cm³/mol. The van der Waals surface area contributed by atoms with E-state index in [4.69, 9.17) is 0 Å². The largest absolute Gasteiger partial charge is 0.388 e. The molecular formula is C17H20N2O5S. The van der Waals surface area contributed by atoms with Crippen molar-refractivity contribution in [1.82, 2.24) is 0 Å². The molecule has 2 aromatic carbocycles. The van der Waals surface area contributed by atoms with E-state index in [9.17, 15) is 23.6 Å². The van der Waals surface area contributed by atoms with E-state index in [1.165, 1.54) is 18.2 Å². The first kappa shape index (κ1) is 18.9. The maximum absolute atomic E-state index is 11.8. The maximum Gasteiger partial charge on any atom is 0.310 e. The van der Waals surface area contributed by atoms with Crippen molar-refractivity contribution in [2.24, 2.45) is 0 Å². The molecule has 0 fully saturated rings. The van der Waals surface area contributed by atoms with Gasteiger partial charge in [0.2, 0.25) is 0 Å². The second-order valence-electron chi connectivity index (χ2n) is 5.89. The third-order valence-electron chi connectivity index (χ3n) is 3.74. The number of nitrogens with zero attached hydrogens (tertiary/aromatic N) is 1. The van der Waals surface area contributed by atoms with Gasteiger partial charge < -0.3 is 10.4 Å². The van der Waals surface area contributed by atoms with E-state index in [1.54, 1.807) is 19.1 Å². The number of para-hydroxylation sites is 1. The number of nitrogens with one attached hydrogen (secondary N) is 1. The Labute approximate surface area is 146 Å². The minimum Gasteiger partial charge on any atom is -0.388 e. The first-order valence-electron chi connectivity index (χ1n) is 7.67. The number of sulfone groups is 1. The Morgan fingerprint density at radius 2 is 1.80 bits per heavy atom. The highest BCUT2D eigenvalue weighted by Gasteiger charge is 2.27. The summed E-state index contributed by atoms with van der Waals surface area (Å²) >= 11 is 0. The zero-order valence-corrected chi connectivity index (χ0v) is 14.7. The molecule has 2 unspecified atom stereocenters. The van der Waals surface area contributed by atoms with E-state index >= 15 is 0 Å². The van der Waals surface area contributed by atoms with Crippen LogP contribution in [-0.2, 0) is 9.84 Å². The van der Waals surface area contributed by atoms with Crippen LogP contribution in [0, 0.1) is 10.1 Å². The molecule has 0 aromatic heterocycles. The smallest absolute Gasteiger partial charge is 0.310 e. The van der Waals surface area contributed by atoms with Gasteiger partial charge in [-0.25, -0.2) is 8.42 Å². The van der Waals surface area contributed by atoms with E-state index in [2.05, 4.69) is 5.32 Å². The molecule has 25 heavy (non-hydrogen) atoms. The zero-order chi connectivity index (χ0) is 18.6. The first-order chi connectivity index (χ1) is 11.7. The second-order valence-corrected chi connectivity index (χ2v) is 7.87. The minimum absolute atomic E-state index is 0.112. The number of nitro groups is 1. The summed E-state index contributed by atoms with van der Waals surface area (Å²) in [6, 6.07) is 12.9. The van der Waals surface area contributed by atoms with Crippen LogP contribution >= 0.6 is 0 Å². The number of nitro benzene ring substituents is 1. The van der Waals surface area contributed by atoms with E-state index in [0.29, 0.717) is 6.42 Å². The summed E-state index contributed by atoms with van der Waals surface area (Å²) in [7, 11) is -3.73. The summed E-state index contributed by atoms with van der Waals surface area (Å²) in [5, 5.41) is 24.6. The average molecular weight is 364 g/mol. The van der Waals surface area contributed by atoms with Crippen molar-refractivity contribution in [3.8, 4) is 0 Å². The maximum atomic E-state index is 11.8. The molecule has 0 spiro atoms. The van der Waals surface area contributed by atoms with Crippen molar-refractivity contribution in [2.45, 2.75) is 30.4 Å². The number of rotatable bonds is 7. The SMILES string of the molecule is CC(CC(O)c1ccccc1)Nc1cccc(S(C)(=O)=O)c1[N+](=O)[O-]. The molecule has 0 radical (unpaired) electrons. The number of hydrogen-bond acceptors (Lipinski definition) is 6. The van der Waals surface area contributed by atoms with Crippen LogP contribution in [0.3, 0.4) is 0 Å². The van der Waals surface area contributed by atoms with Gasteiger partial charge in [-0.05, 0) is 31.0 Å². The Morgan fingerprint density at radius 3 is 2.36 bits per heavy atom. The summed E-state index contributed by atoms with van der Waals surface area (Å²) in [6.07, 6.45) is 0.507. The van der Waals surface area contributed by atoms with Gasteiger partial charge in [0.05, 0.1) is 11.0 Å². The lowest BCUT2D eigenvalue weighted by Crippen LogP contribution is -2.20. The Hall–Kier alpha value is -2.45. The molecule has 2 atom stereocenters. The molecule has 0 saturated carbocycles. The Balaban J connectivity index is 2.23. The second kappa shape index (κ2) is 7.62. The number of benzene rings is 2. The van der Waals surface area contributed by atoms with Gasteiger partial charge in [0.15, 0.2) is 9.84 Å². The quantitative estimate of drug-likeness (QED) is 0.577. The normalized spacial score (nSPS) is 13.9. The average Bonchev–Trinajstić information content (AvgIpc) is 2.54. The molecule has 0 heterocycles. The predicted octanol–water partition coefficient (Wildman–Crippen LogP) is 2.92. The highest BCUT2D eigenvalue weighted by atomic mass is 32.2. The van der Waals surface area contributed by atoms with Crippen LogP contribution in [0.15, 0.2) is 53.4 Å². The van der Waals surface area contributed by atoms with Crippen molar-refractivity contribution in [3.05, 3.63) is 64.2 Å². The molecule has 0 saturated heterocycles. The molecule has 0 aliphatic carbocycles. The molecule has 0 amide bonds. The van der Waals surface area contributed by atoms with E-state index < -0.39 is 26.6 Å². The summed E-state index contributed by atoms with van der Waals surface area (Å²) in [4.78, 5) is 10.3. The minimum atomic E-state index is -3.73. The van der Waals surface area contributed by atoms with Crippen molar-refractivity contribution >= 4 is 21.2 Å². The van der Waals surface area contributed by atoms with Crippen molar-refractivity contribution in [3.63, 3.8) is 0 Å². The van der Waals surface area contributed by atoms with Gasteiger partial charge in [-0.3, -0.25) is 10.1 Å².